The summed E-state index contributed by atoms with van der Waals surface area (Å²) in [5, 5.41) is 1.03. The number of carbonyl (C=O) groups is 1. The summed E-state index contributed by atoms with van der Waals surface area (Å²) in [4.78, 5) is 11.1. The van der Waals surface area contributed by atoms with Crippen LogP contribution < -0.4 is 4.74 Å². The third kappa shape index (κ3) is 4.41. The zero-order valence-corrected chi connectivity index (χ0v) is 11.9. The number of rotatable bonds is 5. The van der Waals surface area contributed by atoms with Crippen LogP contribution in [0.4, 0.5) is 0 Å². The molecule has 0 atom stereocenters. The van der Waals surface area contributed by atoms with Crippen LogP contribution in [0.25, 0.3) is 0 Å². The van der Waals surface area contributed by atoms with Crippen molar-refractivity contribution in [2.75, 3.05) is 13.2 Å². The van der Waals surface area contributed by atoms with E-state index in [0.29, 0.717) is 26.4 Å². The van der Waals surface area contributed by atoms with Crippen molar-refractivity contribution in [3.05, 3.63) is 39.4 Å². The number of carbonyl (C=O) groups excluding carboxylic acids is 1. The fourth-order valence-electron chi connectivity index (χ4n) is 1.07. The highest BCUT2D eigenvalue weighted by Crippen LogP contribution is 2.35. The lowest BCUT2D eigenvalue weighted by molar-refractivity contribution is -0.139. The van der Waals surface area contributed by atoms with Crippen molar-refractivity contribution in [3.63, 3.8) is 0 Å². The average molecular weight is 310 g/mol. The van der Waals surface area contributed by atoms with Crippen molar-refractivity contribution in [2.24, 2.45) is 0 Å². The maximum Gasteiger partial charge on any atom is 0.333 e. The van der Waals surface area contributed by atoms with Gasteiger partial charge in [-0.25, -0.2) is 4.79 Å². The molecule has 0 amide bonds. The molecule has 3 nitrogen and oxygen atoms in total. The van der Waals surface area contributed by atoms with Gasteiger partial charge in [-0.05, 0) is 19.1 Å². The van der Waals surface area contributed by atoms with E-state index in [4.69, 9.17) is 44.3 Å². The smallest absolute Gasteiger partial charge is 0.333 e. The van der Waals surface area contributed by atoms with E-state index in [1.54, 1.807) is 6.92 Å². The monoisotopic (exact) mass is 308 g/mol. The fraction of sp³-hybridized carbons (Fsp3) is 0.250. The Morgan fingerprint density at radius 2 is 1.78 bits per heavy atom. The van der Waals surface area contributed by atoms with Gasteiger partial charge in [0.2, 0.25) is 0 Å². The molecule has 0 fully saturated rings. The molecule has 0 spiro atoms. The quantitative estimate of drug-likeness (QED) is 0.466. The minimum Gasteiger partial charge on any atom is -0.487 e. The zero-order chi connectivity index (χ0) is 13.7. The van der Waals surface area contributed by atoms with Crippen LogP contribution in [-0.4, -0.2) is 19.2 Å². The minimum absolute atomic E-state index is 0.0843. The Kier molecular flexibility index (Phi) is 5.79. The first-order chi connectivity index (χ1) is 8.41. The van der Waals surface area contributed by atoms with Crippen LogP contribution in [0.15, 0.2) is 24.3 Å². The lowest BCUT2D eigenvalue weighted by Gasteiger charge is -2.10. The van der Waals surface area contributed by atoms with Crippen molar-refractivity contribution >= 4 is 40.8 Å². The highest BCUT2D eigenvalue weighted by atomic mass is 35.5. The molecule has 1 rings (SSSR count). The summed E-state index contributed by atoms with van der Waals surface area (Å²) < 4.78 is 10.2. The summed E-state index contributed by atoms with van der Waals surface area (Å²) >= 11 is 17.6. The van der Waals surface area contributed by atoms with Crippen LogP contribution in [0.2, 0.25) is 15.1 Å². The predicted octanol–water partition coefficient (Wildman–Crippen LogP) is 4.14. The third-order valence-electron chi connectivity index (χ3n) is 1.87. The van der Waals surface area contributed by atoms with Gasteiger partial charge in [-0.3, -0.25) is 0 Å². The zero-order valence-electron chi connectivity index (χ0n) is 9.63. The molecule has 98 valence electrons. The van der Waals surface area contributed by atoms with Crippen LogP contribution in [0.1, 0.15) is 6.92 Å². The molecule has 0 aliphatic rings. The highest BCUT2D eigenvalue weighted by molar-refractivity contribution is 6.40. The summed E-state index contributed by atoms with van der Waals surface area (Å²) in [6, 6.07) is 3.04. The first-order valence-corrected chi connectivity index (χ1v) is 6.15. The lowest BCUT2D eigenvalue weighted by Crippen LogP contribution is -2.12. The van der Waals surface area contributed by atoms with E-state index >= 15 is 0 Å². The van der Waals surface area contributed by atoms with Gasteiger partial charge in [-0.2, -0.15) is 0 Å². The van der Waals surface area contributed by atoms with Gasteiger partial charge in [0.1, 0.15) is 13.2 Å². The van der Waals surface area contributed by atoms with Gasteiger partial charge in [0.05, 0.1) is 10.0 Å². The first-order valence-electron chi connectivity index (χ1n) is 5.01. The number of ether oxygens (including phenoxy) is 2. The molecule has 0 unspecified atom stereocenters. The van der Waals surface area contributed by atoms with Crippen LogP contribution in [0.3, 0.4) is 0 Å². The maximum atomic E-state index is 11.1. The number of hydrogen-bond acceptors (Lipinski definition) is 3. The molecule has 1 aromatic carbocycles. The lowest BCUT2D eigenvalue weighted by atomic mass is 10.3. The van der Waals surface area contributed by atoms with E-state index in [2.05, 4.69) is 6.58 Å². The molecule has 18 heavy (non-hydrogen) atoms. The Balaban J connectivity index is 2.50. The van der Waals surface area contributed by atoms with E-state index < -0.39 is 5.97 Å². The third-order valence-corrected chi connectivity index (χ3v) is 2.65. The molecule has 0 radical (unpaired) electrons. The molecule has 0 aliphatic heterocycles. The van der Waals surface area contributed by atoms with Gasteiger partial charge in [0.15, 0.2) is 5.75 Å². The van der Waals surface area contributed by atoms with Crippen molar-refractivity contribution in [2.45, 2.75) is 6.92 Å². The number of halogens is 3. The van der Waals surface area contributed by atoms with Crippen LogP contribution in [-0.2, 0) is 9.53 Å². The van der Waals surface area contributed by atoms with Gasteiger partial charge >= 0.3 is 5.97 Å². The van der Waals surface area contributed by atoms with E-state index in [1.165, 1.54) is 12.1 Å². The molecule has 0 N–H and O–H groups in total. The molecule has 6 heteroatoms. The summed E-state index contributed by atoms with van der Waals surface area (Å²) in [7, 11) is 0. The summed E-state index contributed by atoms with van der Waals surface area (Å²) in [5.41, 5.74) is 0.331. The normalized spacial score (nSPS) is 10.0. The number of benzene rings is 1. The van der Waals surface area contributed by atoms with Gasteiger partial charge in [0.25, 0.3) is 0 Å². The van der Waals surface area contributed by atoms with E-state index in [-0.39, 0.29) is 13.2 Å². The van der Waals surface area contributed by atoms with Gasteiger partial charge in [-0.1, -0.05) is 41.4 Å². The summed E-state index contributed by atoms with van der Waals surface area (Å²) in [5.74, 6) is -0.152. The SMILES string of the molecule is C=C(C)C(=O)OCCOc1c(Cl)cc(Cl)cc1Cl. The van der Waals surface area contributed by atoms with Gasteiger partial charge < -0.3 is 9.47 Å². The average Bonchev–Trinajstić information content (AvgIpc) is 2.26. The molecular formula is C12H11Cl3O3. The Bertz CT molecular complexity index is 449. The number of hydrogen-bond donors (Lipinski definition) is 0. The van der Waals surface area contributed by atoms with Crippen molar-refractivity contribution in [1.29, 1.82) is 0 Å². The van der Waals surface area contributed by atoms with E-state index in [9.17, 15) is 4.79 Å². The predicted molar refractivity (Wildman–Crippen MR) is 72.7 cm³/mol. The Morgan fingerprint density at radius 3 is 2.28 bits per heavy atom. The minimum atomic E-state index is -0.466. The van der Waals surface area contributed by atoms with Crippen LogP contribution in [0.5, 0.6) is 5.75 Å². The standard InChI is InChI=1S/C12H11Cl3O3/c1-7(2)12(16)18-4-3-17-11-9(14)5-8(13)6-10(11)15/h5-6H,1,3-4H2,2H3. The van der Waals surface area contributed by atoms with Crippen molar-refractivity contribution < 1.29 is 14.3 Å². The van der Waals surface area contributed by atoms with Crippen molar-refractivity contribution in [1.82, 2.24) is 0 Å². The number of esters is 1. The van der Waals surface area contributed by atoms with E-state index in [1.807, 2.05) is 0 Å². The molecule has 0 heterocycles. The largest absolute Gasteiger partial charge is 0.487 e. The second-order valence-electron chi connectivity index (χ2n) is 3.46. The van der Waals surface area contributed by atoms with Crippen LogP contribution >= 0.6 is 34.8 Å². The molecule has 1 aromatic rings. The molecule has 0 saturated heterocycles. The van der Waals surface area contributed by atoms with Gasteiger partial charge in [-0.15, -0.1) is 0 Å². The highest BCUT2D eigenvalue weighted by Gasteiger charge is 2.09. The second kappa shape index (κ2) is 6.88. The fourth-order valence-corrected chi connectivity index (χ4v) is 1.99. The summed E-state index contributed by atoms with van der Waals surface area (Å²) in [6.07, 6.45) is 0. The van der Waals surface area contributed by atoms with Gasteiger partial charge in [0, 0.05) is 10.6 Å². The molecule has 0 aromatic heterocycles. The molecule has 0 saturated carbocycles. The van der Waals surface area contributed by atoms with Crippen molar-refractivity contribution in [3.8, 4) is 5.75 Å². The Morgan fingerprint density at radius 1 is 1.22 bits per heavy atom. The summed E-state index contributed by atoms with van der Waals surface area (Å²) in [6.45, 7) is 5.25. The first kappa shape index (κ1) is 15.2. The molecular weight excluding hydrogens is 298 g/mol. The second-order valence-corrected chi connectivity index (χ2v) is 4.71. The van der Waals surface area contributed by atoms with Crippen LogP contribution in [0, 0.1) is 0 Å². The molecule has 0 aliphatic carbocycles. The van der Waals surface area contributed by atoms with E-state index in [0.717, 1.165) is 0 Å². The Hall–Kier alpha value is -0.900. The Labute approximate surface area is 120 Å². The topological polar surface area (TPSA) is 35.5 Å². The maximum absolute atomic E-state index is 11.1. The molecule has 0 bridgehead atoms.